The fourth-order valence-corrected chi connectivity index (χ4v) is 2.78. The number of hydrogen-bond donors (Lipinski definition) is 1. The molecule has 20 heavy (non-hydrogen) atoms. The van der Waals surface area contributed by atoms with Crippen molar-refractivity contribution in [3.05, 3.63) is 0 Å². The van der Waals surface area contributed by atoms with Gasteiger partial charge in [-0.25, -0.2) is 0 Å². The topological polar surface area (TPSA) is 46.5 Å². The second kappa shape index (κ2) is 16.8. The Bertz CT molecular complexity index is 210. The lowest BCUT2D eigenvalue weighted by atomic mass is 10.1. The number of thioether (sulfide) groups is 1. The van der Waals surface area contributed by atoms with Gasteiger partial charge < -0.3 is 9.84 Å². The summed E-state index contributed by atoms with van der Waals surface area (Å²) in [5, 5.41) is 8.51. The first-order valence-electron chi connectivity index (χ1n) is 8.15. The van der Waals surface area contributed by atoms with E-state index in [4.69, 9.17) is 9.84 Å². The predicted octanol–water partition coefficient (Wildman–Crippen LogP) is 4.18. The van der Waals surface area contributed by atoms with E-state index in [-0.39, 0.29) is 19.2 Å². The van der Waals surface area contributed by atoms with Crippen molar-refractivity contribution in [1.82, 2.24) is 0 Å². The highest BCUT2D eigenvalue weighted by molar-refractivity contribution is 7.99. The fraction of sp³-hybridized carbons (Fsp3) is 0.938. The van der Waals surface area contributed by atoms with Gasteiger partial charge in [-0.05, 0) is 24.3 Å². The Hall–Kier alpha value is -0.220. The van der Waals surface area contributed by atoms with Crippen molar-refractivity contribution in [2.75, 3.05) is 24.7 Å². The van der Waals surface area contributed by atoms with E-state index in [1.54, 1.807) is 0 Å². The zero-order chi connectivity index (χ0) is 14.9. The molecule has 0 radical (unpaired) electrons. The molecule has 0 bridgehead atoms. The molecular formula is C16H32O3S. The van der Waals surface area contributed by atoms with Crippen LogP contribution in [0.25, 0.3) is 0 Å². The van der Waals surface area contributed by atoms with Crippen LogP contribution in [0.3, 0.4) is 0 Å². The van der Waals surface area contributed by atoms with Crippen LogP contribution in [-0.4, -0.2) is 35.8 Å². The van der Waals surface area contributed by atoms with Gasteiger partial charge in [-0.2, -0.15) is 11.8 Å². The zero-order valence-corrected chi connectivity index (χ0v) is 13.9. The molecule has 0 spiro atoms. The normalized spacial score (nSPS) is 10.7. The van der Waals surface area contributed by atoms with Crippen LogP contribution in [0.1, 0.15) is 71.1 Å². The van der Waals surface area contributed by atoms with E-state index in [0.29, 0.717) is 6.42 Å². The minimum absolute atomic E-state index is 0.0805. The Balaban J connectivity index is 3.04. The number of hydrogen-bond acceptors (Lipinski definition) is 4. The molecule has 0 aromatic heterocycles. The maximum absolute atomic E-state index is 11.1. The predicted molar refractivity (Wildman–Crippen MR) is 87.2 cm³/mol. The lowest BCUT2D eigenvalue weighted by Gasteiger charge is -2.03. The van der Waals surface area contributed by atoms with Gasteiger partial charge in [0.25, 0.3) is 0 Å². The summed E-state index contributed by atoms with van der Waals surface area (Å²) in [5.41, 5.74) is 0. The third-order valence-electron chi connectivity index (χ3n) is 3.23. The highest BCUT2D eigenvalue weighted by Gasteiger charge is 2.01. The summed E-state index contributed by atoms with van der Waals surface area (Å²) in [6.45, 7) is 2.27. The second-order valence-electron chi connectivity index (χ2n) is 5.07. The number of carbonyl (C=O) groups excluding carboxylic acids is 1. The molecule has 120 valence electrons. The van der Waals surface area contributed by atoms with Crippen LogP contribution in [0.15, 0.2) is 0 Å². The van der Waals surface area contributed by atoms with Crippen molar-refractivity contribution in [2.24, 2.45) is 0 Å². The van der Waals surface area contributed by atoms with E-state index in [2.05, 4.69) is 6.92 Å². The Morgan fingerprint density at radius 2 is 1.50 bits per heavy atom. The van der Waals surface area contributed by atoms with Crippen molar-refractivity contribution in [3.63, 3.8) is 0 Å². The van der Waals surface area contributed by atoms with Crippen molar-refractivity contribution >= 4 is 17.7 Å². The minimum atomic E-state index is -0.177. The van der Waals surface area contributed by atoms with E-state index in [1.807, 2.05) is 11.8 Å². The van der Waals surface area contributed by atoms with Gasteiger partial charge in [0.05, 0.1) is 6.61 Å². The first-order valence-corrected chi connectivity index (χ1v) is 9.31. The third kappa shape index (κ3) is 15.8. The maximum Gasteiger partial charge on any atom is 0.305 e. The number of esters is 1. The summed E-state index contributed by atoms with van der Waals surface area (Å²) in [5.74, 6) is 2.39. The van der Waals surface area contributed by atoms with Crippen LogP contribution >= 0.6 is 11.8 Å². The summed E-state index contributed by atoms with van der Waals surface area (Å²) in [6, 6.07) is 0. The van der Waals surface area contributed by atoms with Gasteiger partial charge in [-0.3, -0.25) is 4.79 Å². The molecule has 1 N–H and O–H groups in total. The van der Waals surface area contributed by atoms with Gasteiger partial charge >= 0.3 is 5.97 Å². The zero-order valence-electron chi connectivity index (χ0n) is 13.1. The van der Waals surface area contributed by atoms with Crippen molar-refractivity contribution in [1.29, 1.82) is 0 Å². The molecule has 0 aliphatic rings. The Morgan fingerprint density at radius 3 is 2.05 bits per heavy atom. The highest BCUT2D eigenvalue weighted by atomic mass is 32.2. The molecule has 0 amide bonds. The molecule has 0 atom stereocenters. The van der Waals surface area contributed by atoms with E-state index in [0.717, 1.165) is 12.8 Å². The smallest absolute Gasteiger partial charge is 0.305 e. The number of ether oxygens (including phenoxy) is 1. The van der Waals surface area contributed by atoms with Crippen LogP contribution < -0.4 is 0 Å². The Morgan fingerprint density at radius 1 is 0.950 bits per heavy atom. The van der Waals surface area contributed by atoms with Crippen LogP contribution in [0, 0.1) is 0 Å². The van der Waals surface area contributed by atoms with Gasteiger partial charge in [0, 0.05) is 6.42 Å². The summed E-state index contributed by atoms with van der Waals surface area (Å²) in [7, 11) is 0. The standard InChI is InChI=1S/C16H32O3S/c1-2-20-15-11-9-7-5-3-4-6-8-10-12-16(18)19-14-13-17/h17H,2-15H2,1H3. The van der Waals surface area contributed by atoms with Gasteiger partial charge in [0.15, 0.2) is 0 Å². The molecule has 0 saturated carbocycles. The molecule has 0 aliphatic heterocycles. The van der Waals surface area contributed by atoms with Crippen LogP contribution in [0.4, 0.5) is 0 Å². The van der Waals surface area contributed by atoms with E-state index < -0.39 is 0 Å². The van der Waals surface area contributed by atoms with E-state index in [1.165, 1.54) is 56.5 Å². The molecule has 0 rings (SSSR count). The summed E-state index contributed by atoms with van der Waals surface area (Å²) in [6.07, 6.45) is 11.8. The number of carbonyl (C=O) groups is 1. The molecule has 0 heterocycles. The second-order valence-corrected chi connectivity index (χ2v) is 6.47. The lowest BCUT2D eigenvalue weighted by molar-refractivity contribution is -0.144. The largest absolute Gasteiger partial charge is 0.463 e. The molecule has 4 heteroatoms. The van der Waals surface area contributed by atoms with Crippen molar-refractivity contribution < 1.29 is 14.6 Å². The number of aliphatic hydroxyl groups is 1. The third-order valence-corrected chi connectivity index (χ3v) is 4.21. The Kier molecular flexibility index (Phi) is 16.6. The fourth-order valence-electron chi connectivity index (χ4n) is 2.09. The first kappa shape index (κ1) is 19.8. The summed E-state index contributed by atoms with van der Waals surface area (Å²) >= 11 is 2.04. The average molecular weight is 304 g/mol. The Labute approximate surface area is 128 Å². The number of rotatable bonds is 15. The van der Waals surface area contributed by atoms with Crippen LogP contribution in [0.5, 0.6) is 0 Å². The molecule has 0 aliphatic carbocycles. The first-order chi connectivity index (χ1) is 9.81. The van der Waals surface area contributed by atoms with Gasteiger partial charge in [0.2, 0.25) is 0 Å². The van der Waals surface area contributed by atoms with Gasteiger partial charge in [-0.15, -0.1) is 0 Å². The lowest BCUT2D eigenvalue weighted by Crippen LogP contribution is -2.07. The molecule has 0 saturated heterocycles. The molecule has 0 aromatic carbocycles. The monoisotopic (exact) mass is 304 g/mol. The van der Waals surface area contributed by atoms with Crippen molar-refractivity contribution in [2.45, 2.75) is 71.1 Å². The molecular weight excluding hydrogens is 272 g/mol. The highest BCUT2D eigenvalue weighted by Crippen LogP contribution is 2.12. The average Bonchev–Trinajstić information content (AvgIpc) is 2.46. The maximum atomic E-state index is 11.1. The summed E-state index contributed by atoms with van der Waals surface area (Å²) < 4.78 is 4.80. The molecule has 0 unspecified atom stereocenters. The van der Waals surface area contributed by atoms with E-state index in [9.17, 15) is 4.79 Å². The number of unbranched alkanes of at least 4 members (excludes halogenated alkanes) is 8. The van der Waals surface area contributed by atoms with Crippen molar-refractivity contribution in [3.8, 4) is 0 Å². The van der Waals surface area contributed by atoms with Crippen LogP contribution in [-0.2, 0) is 9.53 Å². The molecule has 0 aromatic rings. The summed E-state index contributed by atoms with van der Waals surface area (Å²) in [4.78, 5) is 11.1. The number of aliphatic hydroxyl groups excluding tert-OH is 1. The quantitative estimate of drug-likeness (QED) is 0.364. The molecule has 0 fully saturated rings. The van der Waals surface area contributed by atoms with E-state index >= 15 is 0 Å². The minimum Gasteiger partial charge on any atom is -0.463 e. The SMILES string of the molecule is CCSCCCCCCCCCCCC(=O)OCCO. The molecule has 3 nitrogen and oxygen atoms in total. The van der Waals surface area contributed by atoms with Crippen LogP contribution in [0.2, 0.25) is 0 Å². The van der Waals surface area contributed by atoms with Gasteiger partial charge in [0.1, 0.15) is 6.61 Å². The van der Waals surface area contributed by atoms with Gasteiger partial charge in [-0.1, -0.05) is 51.9 Å².